The molecule has 0 aliphatic carbocycles. The number of benzene rings is 6. The van der Waals surface area contributed by atoms with Crippen LogP contribution in [0.25, 0.3) is 43.4 Å². The summed E-state index contributed by atoms with van der Waals surface area (Å²) in [4.78, 5) is 12.1. The maximum Gasteiger partial charge on any atom is 0.134 e. The van der Waals surface area contributed by atoms with Gasteiger partial charge in [-0.2, -0.15) is 0 Å². The van der Waals surface area contributed by atoms with E-state index in [1.165, 1.54) is 32.3 Å². The largest absolute Gasteiger partial charge is 0.395 e. The van der Waals surface area contributed by atoms with Crippen molar-refractivity contribution in [3.8, 4) is 11.1 Å². The molecule has 1 atom stereocenters. The Morgan fingerprint density at radius 2 is 1.44 bits per heavy atom. The van der Waals surface area contributed by atoms with Crippen molar-refractivity contribution in [1.82, 2.24) is 0 Å². The first-order valence-electron chi connectivity index (χ1n) is 12.5. The average molecular weight is 469 g/mol. The van der Waals surface area contributed by atoms with Crippen molar-refractivity contribution in [1.29, 1.82) is 0 Å². The smallest absolute Gasteiger partial charge is 0.134 e. The quantitative estimate of drug-likeness (QED) is 0.253. The number of carbonyl (C=O) groups excluding carboxylic acids is 1. The Kier molecular flexibility index (Phi) is 5.55. The van der Waals surface area contributed by atoms with E-state index < -0.39 is 0 Å². The van der Waals surface area contributed by atoms with E-state index in [1.54, 1.807) is 6.92 Å². The average Bonchev–Trinajstić information content (AvgIpc) is 2.89. The van der Waals surface area contributed by atoms with E-state index in [9.17, 15) is 9.90 Å². The molecular formula is C34H28O2. The van der Waals surface area contributed by atoms with Crippen molar-refractivity contribution in [2.45, 2.75) is 26.2 Å². The summed E-state index contributed by atoms with van der Waals surface area (Å²) in [6.45, 7) is 3.69. The third-order valence-electron chi connectivity index (χ3n) is 7.55. The number of ketones is 1. The van der Waals surface area contributed by atoms with E-state index in [1.807, 2.05) is 12.1 Å². The van der Waals surface area contributed by atoms with Gasteiger partial charge in [0.15, 0.2) is 0 Å². The first kappa shape index (κ1) is 22.5. The Morgan fingerprint density at radius 3 is 2.17 bits per heavy atom. The lowest BCUT2D eigenvalue weighted by molar-refractivity contribution is -0.116. The van der Waals surface area contributed by atoms with Crippen LogP contribution in [0, 0.1) is 6.92 Å². The van der Waals surface area contributed by atoms with Crippen LogP contribution in [-0.4, -0.2) is 17.5 Å². The molecule has 176 valence electrons. The van der Waals surface area contributed by atoms with Crippen LogP contribution in [0.3, 0.4) is 0 Å². The van der Waals surface area contributed by atoms with E-state index in [4.69, 9.17) is 0 Å². The molecule has 1 unspecified atom stereocenters. The number of aryl methyl sites for hydroxylation is 1. The van der Waals surface area contributed by atoms with Gasteiger partial charge in [0.05, 0.1) is 6.61 Å². The van der Waals surface area contributed by atoms with Crippen molar-refractivity contribution < 1.29 is 9.90 Å². The van der Waals surface area contributed by atoms with Gasteiger partial charge in [-0.3, -0.25) is 4.79 Å². The molecule has 36 heavy (non-hydrogen) atoms. The Balaban J connectivity index is 1.60. The van der Waals surface area contributed by atoms with Crippen molar-refractivity contribution in [3.05, 3.63) is 119 Å². The Labute approximate surface area is 211 Å². The summed E-state index contributed by atoms with van der Waals surface area (Å²) < 4.78 is 0. The number of aliphatic hydroxyl groups excluding tert-OH is 1. The van der Waals surface area contributed by atoms with Crippen LogP contribution in [-0.2, 0) is 11.2 Å². The van der Waals surface area contributed by atoms with E-state index in [0.29, 0.717) is 6.42 Å². The molecule has 1 N–H and O–H groups in total. The summed E-state index contributed by atoms with van der Waals surface area (Å²) in [6, 6.07) is 34.3. The zero-order chi connectivity index (χ0) is 24.8. The highest BCUT2D eigenvalue weighted by Crippen LogP contribution is 2.40. The Hall–Kier alpha value is -4.01. The first-order valence-corrected chi connectivity index (χ1v) is 12.5. The van der Waals surface area contributed by atoms with Crippen molar-refractivity contribution in [2.75, 3.05) is 6.61 Å². The van der Waals surface area contributed by atoms with Crippen LogP contribution < -0.4 is 0 Å². The molecule has 2 nitrogen and oxygen atoms in total. The summed E-state index contributed by atoms with van der Waals surface area (Å²) >= 11 is 0. The lowest BCUT2D eigenvalue weighted by Gasteiger charge is -2.22. The summed E-state index contributed by atoms with van der Waals surface area (Å²) in [5.74, 6) is -0.0755. The van der Waals surface area contributed by atoms with Crippen LogP contribution in [0.15, 0.2) is 97.1 Å². The number of hydrogen-bond donors (Lipinski definition) is 1. The van der Waals surface area contributed by atoms with Gasteiger partial charge in [-0.25, -0.2) is 0 Å². The number of carbonyl (C=O) groups is 1. The molecule has 2 heteroatoms. The second-order valence-corrected chi connectivity index (χ2v) is 9.85. The zero-order valence-electron chi connectivity index (χ0n) is 20.6. The highest BCUT2D eigenvalue weighted by Gasteiger charge is 2.21. The molecule has 0 aliphatic heterocycles. The van der Waals surface area contributed by atoms with Crippen LogP contribution >= 0.6 is 0 Å². The standard InChI is InChI=1S/C34H28O2/c1-21-6-3-4-9-28(21)32(20-35)31-19-27(13-12-26(31)18-22(2)36)29-16-14-25-11-10-23-7-5-8-24-15-17-30(29)34(25)33(23)24/h3-17,19,32,35H,18,20H2,1-2H3. The van der Waals surface area contributed by atoms with Crippen LogP contribution in [0.4, 0.5) is 0 Å². The molecule has 0 saturated heterocycles. The highest BCUT2D eigenvalue weighted by atomic mass is 16.3. The fraction of sp³-hybridized carbons (Fsp3) is 0.147. The van der Waals surface area contributed by atoms with Crippen molar-refractivity contribution >= 4 is 38.1 Å². The molecule has 0 amide bonds. The molecular weight excluding hydrogens is 440 g/mol. The molecule has 0 saturated carbocycles. The fourth-order valence-corrected chi connectivity index (χ4v) is 5.85. The SMILES string of the molecule is CC(=O)Cc1ccc(-c2ccc3ccc4cccc5ccc2c3c45)cc1C(CO)c1ccccc1C. The molecule has 6 aromatic carbocycles. The van der Waals surface area contributed by atoms with Gasteiger partial charge in [-0.15, -0.1) is 0 Å². The van der Waals surface area contributed by atoms with Gasteiger partial charge in [-0.05, 0) is 79.5 Å². The van der Waals surface area contributed by atoms with Gasteiger partial charge < -0.3 is 5.11 Å². The minimum Gasteiger partial charge on any atom is -0.395 e. The fourth-order valence-electron chi connectivity index (χ4n) is 5.85. The van der Waals surface area contributed by atoms with E-state index in [0.717, 1.165) is 33.4 Å². The summed E-state index contributed by atoms with van der Waals surface area (Å²) in [6.07, 6.45) is 0.358. The van der Waals surface area contributed by atoms with E-state index >= 15 is 0 Å². The Bertz CT molecular complexity index is 1730. The molecule has 0 spiro atoms. The molecule has 0 heterocycles. The van der Waals surface area contributed by atoms with Crippen LogP contribution in [0.5, 0.6) is 0 Å². The second-order valence-electron chi connectivity index (χ2n) is 9.85. The molecule has 0 radical (unpaired) electrons. The van der Waals surface area contributed by atoms with Gasteiger partial charge in [0.1, 0.15) is 5.78 Å². The number of Topliss-reactive ketones (excluding diaryl/α,β-unsaturated/α-hetero) is 1. The predicted octanol–water partition coefficient (Wildman–Crippen LogP) is 7.82. The molecule has 6 rings (SSSR count). The van der Waals surface area contributed by atoms with Gasteiger partial charge in [-0.1, -0.05) is 97.1 Å². The van der Waals surface area contributed by atoms with Crippen LogP contribution in [0.1, 0.15) is 35.1 Å². The third kappa shape index (κ3) is 3.66. The van der Waals surface area contributed by atoms with E-state index in [2.05, 4.69) is 91.9 Å². The molecule has 0 aliphatic rings. The lowest BCUT2D eigenvalue weighted by Crippen LogP contribution is -2.12. The van der Waals surface area contributed by atoms with Crippen molar-refractivity contribution in [2.24, 2.45) is 0 Å². The maximum absolute atomic E-state index is 12.1. The van der Waals surface area contributed by atoms with Gasteiger partial charge in [0.2, 0.25) is 0 Å². The minimum absolute atomic E-state index is 0.0162. The molecule has 6 aromatic rings. The molecule has 0 bridgehead atoms. The zero-order valence-corrected chi connectivity index (χ0v) is 20.6. The van der Waals surface area contributed by atoms with Gasteiger partial charge >= 0.3 is 0 Å². The summed E-state index contributed by atoms with van der Waals surface area (Å²) in [5, 5.41) is 18.1. The van der Waals surface area contributed by atoms with Crippen LogP contribution in [0.2, 0.25) is 0 Å². The predicted molar refractivity (Wildman–Crippen MR) is 150 cm³/mol. The topological polar surface area (TPSA) is 37.3 Å². The number of rotatable bonds is 6. The Morgan fingerprint density at radius 1 is 0.750 bits per heavy atom. The monoisotopic (exact) mass is 468 g/mol. The summed E-state index contributed by atoms with van der Waals surface area (Å²) in [5.41, 5.74) is 6.49. The second kappa shape index (κ2) is 8.89. The minimum atomic E-state index is -0.194. The first-order chi connectivity index (χ1) is 17.5. The molecule has 0 fully saturated rings. The normalized spacial score (nSPS) is 12.5. The van der Waals surface area contributed by atoms with Crippen molar-refractivity contribution in [3.63, 3.8) is 0 Å². The highest BCUT2D eigenvalue weighted by molar-refractivity contribution is 6.25. The van der Waals surface area contributed by atoms with Gasteiger partial charge in [0, 0.05) is 12.3 Å². The summed E-state index contributed by atoms with van der Waals surface area (Å²) in [7, 11) is 0. The number of hydrogen-bond acceptors (Lipinski definition) is 2. The maximum atomic E-state index is 12.1. The van der Waals surface area contributed by atoms with E-state index in [-0.39, 0.29) is 18.3 Å². The third-order valence-corrected chi connectivity index (χ3v) is 7.55. The number of aliphatic hydroxyl groups is 1. The molecule has 0 aromatic heterocycles. The lowest BCUT2D eigenvalue weighted by atomic mass is 9.83. The van der Waals surface area contributed by atoms with Gasteiger partial charge in [0.25, 0.3) is 0 Å².